The molecule has 0 N–H and O–H groups in total. The molecule has 0 unspecified atom stereocenters. The first-order valence-corrected chi connectivity index (χ1v) is 7.31. The maximum Gasteiger partial charge on any atom is 0.311 e. The molecule has 0 aliphatic heterocycles. The molecule has 122 valence electrons. The summed E-state index contributed by atoms with van der Waals surface area (Å²) in [6.45, 7) is 3.63. The molecular weight excluding hydrogens is 310 g/mol. The van der Waals surface area contributed by atoms with Crippen LogP contribution in [0.4, 0.5) is 5.69 Å². The van der Waals surface area contributed by atoms with E-state index in [2.05, 4.69) is 4.98 Å². The van der Waals surface area contributed by atoms with Crippen LogP contribution in [0.15, 0.2) is 47.4 Å². The Morgan fingerprint density at radius 2 is 1.92 bits per heavy atom. The number of hydrogen-bond donors (Lipinski definition) is 0. The van der Waals surface area contributed by atoms with Gasteiger partial charge in [-0.25, -0.2) is 4.98 Å². The summed E-state index contributed by atoms with van der Waals surface area (Å²) in [5, 5.41) is 11.1. The summed E-state index contributed by atoms with van der Waals surface area (Å²) in [4.78, 5) is 27.1. The van der Waals surface area contributed by atoms with Crippen molar-refractivity contribution in [3.8, 4) is 5.75 Å². The highest BCUT2D eigenvalue weighted by molar-refractivity contribution is 5.48. The standard InChI is InChI=1S/C17H15N3O4/c1-11-3-5-15(14(7-11)20(22)23)24-10-13-8-17(21)19-9-12(2)4-6-16(19)18-13/h3-9H,10H2,1-2H3. The molecule has 0 amide bonds. The van der Waals surface area contributed by atoms with E-state index in [1.54, 1.807) is 31.3 Å². The van der Waals surface area contributed by atoms with Gasteiger partial charge in [0, 0.05) is 18.3 Å². The number of benzene rings is 1. The van der Waals surface area contributed by atoms with Gasteiger partial charge in [-0.2, -0.15) is 0 Å². The predicted molar refractivity (Wildman–Crippen MR) is 88.4 cm³/mol. The van der Waals surface area contributed by atoms with E-state index in [1.165, 1.54) is 16.5 Å². The van der Waals surface area contributed by atoms with Crippen LogP contribution in [-0.2, 0) is 6.61 Å². The SMILES string of the molecule is Cc1ccc(OCc2cc(=O)n3cc(C)ccc3n2)c([N+](=O)[O-])c1. The fourth-order valence-electron chi connectivity index (χ4n) is 2.38. The molecule has 0 saturated carbocycles. The molecule has 0 bridgehead atoms. The van der Waals surface area contributed by atoms with Crippen LogP contribution in [0.25, 0.3) is 5.65 Å². The van der Waals surface area contributed by atoms with Crippen LogP contribution in [0.5, 0.6) is 5.75 Å². The van der Waals surface area contributed by atoms with Gasteiger partial charge in [-0.1, -0.05) is 12.1 Å². The second-order valence-corrected chi connectivity index (χ2v) is 5.54. The third-order valence-corrected chi connectivity index (χ3v) is 3.55. The van der Waals surface area contributed by atoms with Crippen molar-refractivity contribution in [2.45, 2.75) is 20.5 Å². The molecule has 0 aliphatic rings. The third kappa shape index (κ3) is 3.10. The largest absolute Gasteiger partial charge is 0.480 e. The molecule has 0 spiro atoms. The number of nitrogens with zero attached hydrogens (tertiary/aromatic N) is 3. The van der Waals surface area contributed by atoms with Crippen molar-refractivity contribution in [3.05, 3.63) is 79.9 Å². The van der Waals surface area contributed by atoms with Crippen LogP contribution in [0.1, 0.15) is 16.8 Å². The lowest BCUT2D eigenvalue weighted by molar-refractivity contribution is -0.386. The summed E-state index contributed by atoms with van der Waals surface area (Å²) in [7, 11) is 0. The molecule has 3 aromatic rings. The Morgan fingerprint density at radius 1 is 1.17 bits per heavy atom. The third-order valence-electron chi connectivity index (χ3n) is 3.55. The maximum atomic E-state index is 12.1. The minimum atomic E-state index is -0.492. The number of hydrogen-bond acceptors (Lipinski definition) is 5. The van der Waals surface area contributed by atoms with Crippen LogP contribution in [0, 0.1) is 24.0 Å². The average Bonchev–Trinajstić information content (AvgIpc) is 2.54. The molecule has 3 rings (SSSR count). The Hall–Kier alpha value is -3.22. The summed E-state index contributed by atoms with van der Waals surface area (Å²) in [6.07, 6.45) is 1.71. The van der Waals surface area contributed by atoms with E-state index in [1.807, 2.05) is 13.0 Å². The van der Waals surface area contributed by atoms with Crippen LogP contribution in [0.3, 0.4) is 0 Å². The van der Waals surface area contributed by atoms with E-state index >= 15 is 0 Å². The normalized spacial score (nSPS) is 10.8. The second-order valence-electron chi connectivity index (χ2n) is 5.54. The minimum absolute atomic E-state index is 0.0243. The number of aromatic nitrogens is 2. The fraction of sp³-hybridized carbons (Fsp3) is 0.176. The van der Waals surface area contributed by atoms with Crippen molar-refractivity contribution >= 4 is 11.3 Å². The number of pyridine rings is 1. The average molecular weight is 325 g/mol. The number of fused-ring (bicyclic) bond motifs is 1. The van der Waals surface area contributed by atoms with E-state index < -0.39 is 4.92 Å². The molecule has 7 nitrogen and oxygen atoms in total. The van der Waals surface area contributed by atoms with Gasteiger partial charge >= 0.3 is 5.69 Å². The van der Waals surface area contributed by atoms with Crippen LogP contribution in [-0.4, -0.2) is 14.3 Å². The lowest BCUT2D eigenvalue weighted by atomic mass is 10.2. The minimum Gasteiger partial charge on any atom is -0.480 e. The summed E-state index contributed by atoms with van der Waals surface area (Å²) in [5.41, 5.74) is 2.31. The van der Waals surface area contributed by atoms with E-state index in [4.69, 9.17) is 4.74 Å². The van der Waals surface area contributed by atoms with Gasteiger partial charge in [0.1, 0.15) is 12.3 Å². The zero-order valence-electron chi connectivity index (χ0n) is 13.2. The van der Waals surface area contributed by atoms with Gasteiger partial charge in [0.25, 0.3) is 5.56 Å². The highest BCUT2D eigenvalue weighted by atomic mass is 16.6. The van der Waals surface area contributed by atoms with Crippen molar-refractivity contribution in [1.29, 1.82) is 0 Å². The van der Waals surface area contributed by atoms with Gasteiger partial charge in [-0.05, 0) is 37.1 Å². The van der Waals surface area contributed by atoms with Gasteiger partial charge in [0.2, 0.25) is 0 Å². The van der Waals surface area contributed by atoms with E-state index in [9.17, 15) is 14.9 Å². The first-order chi connectivity index (χ1) is 11.4. The number of nitro groups is 1. The predicted octanol–water partition coefficient (Wildman–Crippen LogP) is 2.80. The molecule has 24 heavy (non-hydrogen) atoms. The summed E-state index contributed by atoms with van der Waals surface area (Å²) < 4.78 is 6.97. The topological polar surface area (TPSA) is 86.7 Å². The van der Waals surface area contributed by atoms with Crippen LogP contribution < -0.4 is 10.3 Å². The van der Waals surface area contributed by atoms with E-state index in [-0.39, 0.29) is 23.6 Å². The molecule has 7 heteroatoms. The quantitative estimate of drug-likeness (QED) is 0.544. The fourth-order valence-corrected chi connectivity index (χ4v) is 2.38. The van der Waals surface area contributed by atoms with Gasteiger partial charge in [-0.3, -0.25) is 19.3 Å². The molecule has 0 atom stereocenters. The Morgan fingerprint density at radius 3 is 2.67 bits per heavy atom. The van der Waals surface area contributed by atoms with Crippen molar-refractivity contribution in [3.63, 3.8) is 0 Å². The lowest BCUT2D eigenvalue weighted by Crippen LogP contribution is -2.16. The van der Waals surface area contributed by atoms with Crippen molar-refractivity contribution in [2.75, 3.05) is 0 Å². The maximum absolute atomic E-state index is 12.1. The van der Waals surface area contributed by atoms with E-state index in [0.717, 1.165) is 11.1 Å². The lowest BCUT2D eigenvalue weighted by Gasteiger charge is -2.08. The van der Waals surface area contributed by atoms with Gasteiger partial charge < -0.3 is 4.74 Å². The molecule has 1 aromatic carbocycles. The summed E-state index contributed by atoms with van der Waals surface area (Å²) in [5.74, 6) is 0.150. The van der Waals surface area contributed by atoms with E-state index in [0.29, 0.717) is 11.3 Å². The first-order valence-electron chi connectivity index (χ1n) is 7.31. The van der Waals surface area contributed by atoms with Gasteiger partial charge in [0.15, 0.2) is 5.75 Å². The highest BCUT2D eigenvalue weighted by Gasteiger charge is 2.15. The van der Waals surface area contributed by atoms with Crippen molar-refractivity contribution in [2.24, 2.45) is 0 Å². The van der Waals surface area contributed by atoms with Gasteiger partial charge in [0.05, 0.1) is 10.6 Å². The zero-order valence-corrected chi connectivity index (χ0v) is 13.2. The summed E-state index contributed by atoms with van der Waals surface area (Å²) in [6, 6.07) is 9.69. The number of ether oxygens (including phenoxy) is 1. The Balaban J connectivity index is 1.90. The van der Waals surface area contributed by atoms with Crippen LogP contribution in [0.2, 0.25) is 0 Å². The Bertz CT molecular complexity index is 995. The number of aryl methyl sites for hydroxylation is 2. The zero-order chi connectivity index (χ0) is 17.3. The second kappa shape index (κ2) is 6.11. The summed E-state index contributed by atoms with van der Waals surface area (Å²) >= 11 is 0. The molecular formula is C17H15N3O4. The van der Waals surface area contributed by atoms with Crippen LogP contribution >= 0.6 is 0 Å². The Kier molecular flexibility index (Phi) is 3.99. The van der Waals surface area contributed by atoms with Crippen molar-refractivity contribution < 1.29 is 9.66 Å². The molecule has 0 fully saturated rings. The monoisotopic (exact) mass is 325 g/mol. The first kappa shape index (κ1) is 15.7. The molecule has 0 aliphatic carbocycles. The number of rotatable bonds is 4. The molecule has 2 heterocycles. The van der Waals surface area contributed by atoms with Crippen molar-refractivity contribution in [1.82, 2.24) is 9.38 Å². The molecule has 0 radical (unpaired) electrons. The van der Waals surface area contributed by atoms with Gasteiger partial charge in [-0.15, -0.1) is 0 Å². The Labute approximate surface area is 137 Å². The highest BCUT2D eigenvalue weighted by Crippen LogP contribution is 2.28. The molecule has 2 aromatic heterocycles. The molecule has 0 saturated heterocycles. The number of nitro benzene ring substituents is 1. The smallest absolute Gasteiger partial charge is 0.311 e.